The van der Waals surface area contributed by atoms with Gasteiger partial charge < -0.3 is 5.11 Å². The van der Waals surface area contributed by atoms with Crippen molar-refractivity contribution >= 4 is 0 Å². The van der Waals surface area contributed by atoms with Crippen LogP contribution in [0, 0.1) is 5.41 Å². The fourth-order valence-corrected chi connectivity index (χ4v) is 1.60. The second-order valence-electron chi connectivity index (χ2n) is 4.64. The molecule has 13 heavy (non-hydrogen) atoms. The second kappa shape index (κ2) is 3.50. The molecule has 0 bridgehead atoms. The van der Waals surface area contributed by atoms with Crippen molar-refractivity contribution in [3.63, 3.8) is 0 Å². The molecule has 78 valence electrons. The van der Waals surface area contributed by atoms with Crippen LogP contribution in [0.4, 0.5) is 8.78 Å². The lowest BCUT2D eigenvalue weighted by atomic mass is 9.94. The van der Waals surface area contributed by atoms with E-state index in [2.05, 4.69) is 0 Å². The van der Waals surface area contributed by atoms with Crippen LogP contribution in [0.5, 0.6) is 0 Å². The Morgan fingerprint density at radius 3 is 2.46 bits per heavy atom. The van der Waals surface area contributed by atoms with Crippen LogP contribution >= 0.6 is 0 Å². The average Bonchev–Trinajstić information content (AvgIpc) is 2.29. The fourth-order valence-electron chi connectivity index (χ4n) is 1.60. The zero-order valence-electron chi connectivity index (χ0n) is 8.19. The first-order chi connectivity index (χ1) is 5.85. The Kier molecular flexibility index (Phi) is 2.92. The van der Waals surface area contributed by atoms with Gasteiger partial charge in [0.2, 0.25) is 0 Å². The van der Waals surface area contributed by atoms with E-state index in [-0.39, 0.29) is 25.0 Å². The highest BCUT2D eigenvalue weighted by Crippen LogP contribution is 2.29. The smallest absolute Gasteiger partial charge is 0.261 e. The van der Waals surface area contributed by atoms with Crippen LogP contribution in [-0.4, -0.2) is 42.2 Å². The van der Waals surface area contributed by atoms with E-state index < -0.39 is 5.92 Å². The van der Waals surface area contributed by atoms with Crippen molar-refractivity contribution in [2.24, 2.45) is 5.41 Å². The van der Waals surface area contributed by atoms with Crippen molar-refractivity contribution in [2.45, 2.75) is 26.2 Å². The van der Waals surface area contributed by atoms with Crippen molar-refractivity contribution in [1.82, 2.24) is 4.90 Å². The maximum atomic E-state index is 12.8. The van der Waals surface area contributed by atoms with Gasteiger partial charge in [0.05, 0.1) is 6.54 Å². The number of hydrogen-bond donors (Lipinski definition) is 1. The van der Waals surface area contributed by atoms with Gasteiger partial charge in [-0.2, -0.15) is 0 Å². The molecular weight excluding hydrogens is 176 g/mol. The predicted octanol–water partition coefficient (Wildman–Crippen LogP) is 1.35. The molecule has 1 saturated heterocycles. The summed E-state index contributed by atoms with van der Waals surface area (Å²) in [5.74, 6) is -2.52. The zero-order chi connectivity index (χ0) is 10.1. The molecule has 1 N–H and O–H groups in total. The Bertz CT molecular complexity index is 182. The van der Waals surface area contributed by atoms with Gasteiger partial charge in [-0.15, -0.1) is 0 Å². The predicted molar refractivity (Wildman–Crippen MR) is 46.9 cm³/mol. The van der Waals surface area contributed by atoms with Gasteiger partial charge in [-0.1, -0.05) is 13.8 Å². The Morgan fingerprint density at radius 1 is 1.46 bits per heavy atom. The first-order valence-corrected chi connectivity index (χ1v) is 4.56. The van der Waals surface area contributed by atoms with Crippen molar-refractivity contribution < 1.29 is 13.9 Å². The molecule has 0 aromatic heterocycles. The molecule has 0 amide bonds. The highest BCUT2D eigenvalue weighted by Gasteiger charge is 2.39. The number of likely N-dealkylation sites (tertiary alicyclic amines) is 1. The maximum absolute atomic E-state index is 12.8. The van der Waals surface area contributed by atoms with Gasteiger partial charge in [0.25, 0.3) is 5.92 Å². The molecule has 1 fully saturated rings. The molecule has 0 aromatic carbocycles. The summed E-state index contributed by atoms with van der Waals surface area (Å²) in [6.45, 7) is 4.62. The van der Waals surface area contributed by atoms with Crippen LogP contribution in [0.25, 0.3) is 0 Å². The SMILES string of the molecule is CC(C)(CO)CN1CCC(F)(F)C1. The summed E-state index contributed by atoms with van der Waals surface area (Å²) in [6, 6.07) is 0. The number of halogens is 2. The topological polar surface area (TPSA) is 23.5 Å². The molecule has 1 rings (SSSR count). The monoisotopic (exact) mass is 193 g/mol. The lowest BCUT2D eigenvalue weighted by Crippen LogP contribution is -2.36. The first kappa shape index (κ1) is 10.9. The number of hydrogen-bond acceptors (Lipinski definition) is 2. The van der Waals surface area contributed by atoms with Gasteiger partial charge in [0.1, 0.15) is 0 Å². The van der Waals surface area contributed by atoms with Crippen molar-refractivity contribution in [1.29, 1.82) is 0 Å². The first-order valence-electron chi connectivity index (χ1n) is 4.56. The van der Waals surface area contributed by atoms with Crippen LogP contribution < -0.4 is 0 Å². The van der Waals surface area contributed by atoms with E-state index in [9.17, 15) is 8.78 Å². The lowest BCUT2D eigenvalue weighted by molar-refractivity contribution is 0.00633. The maximum Gasteiger partial charge on any atom is 0.261 e. The summed E-state index contributed by atoms with van der Waals surface area (Å²) in [6.07, 6.45) is -0.0471. The molecular formula is C9H17F2NO. The Hall–Kier alpha value is -0.220. The van der Waals surface area contributed by atoms with Gasteiger partial charge in [-0.25, -0.2) is 8.78 Å². The molecule has 1 aliphatic heterocycles. The summed E-state index contributed by atoms with van der Waals surface area (Å²) >= 11 is 0. The largest absolute Gasteiger partial charge is 0.396 e. The van der Waals surface area contributed by atoms with Crippen molar-refractivity contribution in [3.05, 3.63) is 0 Å². The molecule has 1 heterocycles. The number of rotatable bonds is 3. The van der Waals surface area contributed by atoms with E-state index in [0.717, 1.165) is 0 Å². The summed E-state index contributed by atoms with van der Waals surface area (Å²) in [5.41, 5.74) is -0.277. The summed E-state index contributed by atoms with van der Waals surface area (Å²) in [4.78, 5) is 1.72. The number of nitrogens with zero attached hydrogens (tertiary/aromatic N) is 1. The number of aliphatic hydroxyl groups excluding tert-OH is 1. The van der Waals surface area contributed by atoms with Crippen LogP contribution in [-0.2, 0) is 0 Å². The normalized spacial score (nSPS) is 23.8. The quantitative estimate of drug-likeness (QED) is 0.731. The third-order valence-corrected chi connectivity index (χ3v) is 2.33. The Morgan fingerprint density at radius 2 is 2.08 bits per heavy atom. The van der Waals surface area contributed by atoms with Gasteiger partial charge in [-0.3, -0.25) is 4.90 Å². The summed E-state index contributed by atoms with van der Waals surface area (Å²) in [7, 11) is 0. The third-order valence-electron chi connectivity index (χ3n) is 2.33. The van der Waals surface area contributed by atoms with Crippen LogP contribution in [0.15, 0.2) is 0 Å². The molecule has 0 radical (unpaired) electrons. The minimum atomic E-state index is -2.52. The highest BCUT2D eigenvalue weighted by molar-refractivity contribution is 4.84. The van der Waals surface area contributed by atoms with Crippen LogP contribution in [0.1, 0.15) is 20.3 Å². The zero-order valence-corrected chi connectivity index (χ0v) is 8.19. The molecule has 2 nitrogen and oxygen atoms in total. The lowest BCUT2D eigenvalue weighted by Gasteiger charge is -2.27. The van der Waals surface area contributed by atoms with Gasteiger partial charge in [-0.05, 0) is 0 Å². The van der Waals surface area contributed by atoms with Gasteiger partial charge in [0, 0.05) is 31.5 Å². The molecule has 0 spiro atoms. The van der Waals surface area contributed by atoms with Crippen LogP contribution in [0.3, 0.4) is 0 Å². The van der Waals surface area contributed by atoms with E-state index >= 15 is 0 Å². The van der Waals surface area contributed by atoms with Gasteiger partial charge in [0.15, 0.2) is 0 Å². The van der Waals surface area contributed by atoms with E-state index in [1.807, 2.05) is 13.8 Å². The Labute approximate surface area is 77.5 Å². The van der Waals surface area contributed by atoms with E-state index in [0.29, 0.717) is 13.1 Å². The summed E-state index contributed by atoms with van der Waals surface area (Å²) in [5, 5.41) is 8.97. The Balaban J connectivity index is 2.40. The van der Waals surface area contributed by atoms with Crippen molar-refractivity contribution in [2.75, 3.05) is 26.2 Å². The molecule has 1 aliphatic rings. The minimum absolute atomic E-state index is 0.0368. The standard InChI is InChI=1S/C9H17F2NO/c1-8(2,7-13)5-12-4-3-9(10,11)6-12/h13H,3-7H2,1-2H3. The molecule has 4 heteroatoms. The number of alkyl halides is 2. The van der Waals surface area contributed by atoms with E-state index in [1.165, 1.54) is 0 Å². The third kappa shape index (κ3) is 3.19. The molecule has 0 unspecified atom stereocenters. The van der Waals surface area contributed by atoms with E-state index in [1.54, 1.807) is 4.90 Å². The minimum Gasteiger partial charge on any atom is -0.396 e. The molecule has 0 atom stereocenters. The molecule has 0 aliphatic carbocycles. The van der Waals surface area contributed by atoms with E-state index in [4.69, 9.17) is 5.11 Å². The molecule has 0 saturated carbocycles. The number of aliphatic hydroxyl groups is 1. The molecule has 0 aromatic rings. The van der Waals surface area contributed by atoms with Gasteiger partial charge >= 0.3 is 0 Å². The fraction of sp³-hybridized carbons (Fsp3) is 1.00. The van der Waals surface area contributed by atoms with Crippen LogP contribution in [0.2, 0.25) is 0 Å². The second-order valence-corrected chi connectivity index (χ2v) is 4.64. The summed E-state index contributed by atoms with van der Waals surface area (Å²) < 4.78 is 25.5. The highest BCUT2D eigenvalue weighted by atomic mass is 19.3. The average molecular weight is 193 g/mol. The van der Waals surface area contributed by atoms with Crippen molar-refractivity contribution in [3.8, 4) is 0 Å².